The van der Waals surface area contributed by atoms with Crippen molar-refractivity contribution in [2.45, 2.75) is 96.7 Å². The molecule has 4 bridgehead atoms. The van der Waals surface area contributed by atoms with Gasteiger partial charge in [-0.25, -0.2) is 9.59 Å². The third kappa shape index (κ3) is 5.40. The second kappa shape index (κ2) is 12.0. The average Bonchev–Trinajstić information content (AvgIpc) is 3.24. The van der Waals surface area contributed by atoms with Crippen LogP contribution in [0.4, 0.5) is 0 Å². The number of fused-ring (bicyclic) bond motifs is 1. The largest absolute Gasteiger partial charge is 0.481 e. The molecule has 2 aliphatic heterocycles. The Balaban J connectivity index is 1.74. The number of cyclic esters (lactones) is 2. The number of carbonyl (C=O) groups is 4. The van der Waals surface area contributed by atoms with Gasteiger partial charge in [-0.1, -0.05) is 56.1 Å². The smallest absolute Gasteiger partial charge is 0.343 e. The number of carbonyl (C=O) groups excluding carboxylic acids is 3. The molecule has 0 spiro atoms. The minimum absolute atomic E-state index is 0.00908. The summed E-state index contributed by atoms with van der Waals surface area (Å²) in [6, 6.07) is 0. The zero-order valence-electron chi connectivity index (χ0n) is 22.9. The summed E-state index contributed by atoms with van der Waals surface area (Å²) in [6.07, 6.45) is 18.4. The lowest BCUT2D eigenvalue weighted by Crippen LogP contribution is -2.50. The highest BCUT2D eigenvalue weighted by Gasteiger charge is 2.71. The molecule has 0 amide bonds. The summed E-state index contributed by atoms with van der Waals surface area (Å²) in [5.74, 6) is -7.33. The van der Waals surface area contributed by atoms with Crippen LogP contribution in [0, 0.1) is 23.2 Å². The Kier molecular flexibility index (Phi) is 8.94. The molecule has 0 radical (unpaired) electrons. The highest BCUT2D eigenvalue weighted by molar-refractivity contribution is 6.14. The van der Waals surface area contributed by atoms with Crippen LogP contribution in [0.3, 0.4) is 0 Å². The molecule has 2 N–H and O–H groups in total. The Morgan fingerprint density at radius 1 is 0.974 bits per heavy atom. The number of aliphatic hydroxyl groups is 1. The van der Waals surface area contributed by atoms with Gasteiger partial charge in [-0.2, -0.15) is 0 Å². The van der Waals surface area contributed by atoms with Crippen molar-refractivity contribution in [3.8, 4) is 0 Å². The molecule has 8 heteroatoms. The van der Waals surface area contributed by atoms with Crippen molar-refractivity contribution >= 4 is 23.9 Å². The molecule has 2 heterocycles. The van der Waals surface area contributed by atoms with Crippen LogP contribution in [-0.2, 0) is 28.7 Å². The van der Waals surface area contributed by atoms with E-state index in [1.165, 1.54) is 0 Å². The maximum atomic E-state index is 13.4. The zero-order chi connectivity index (χ0) is 28.2. The van der Waals surface area contributed by atoms with E-state index in [0.717, 1.165) is 57.8 Å². The van der Waals surface area contributed by atoms with Crippen LogP contribution >= 0.6 is 0 Å². The van der Waals surface area contributed by atoms with Gasteiger partial charge >= 0.3 is 23.9 Å². The Bertz CT molecular complexity index is 1130. The predicted molar refractivity (Wildman–Crippen MR) is 143 cm³/mol. The lowest BCUT2D eigenvalue weighted by molar-refractivity contribution is -0.205. The first-order chi connectivity index (χ1) is 18.7. The molecule has 5 atom stereocenters. The number of unbranched alkanes of at least 4 members (excludes halogenated alkanes) is 6. The summed E-state index contributed by atoms with van der Waals surface area (Å²) in [6.45, 7) is 3.98. The summed E-state index contributed by atoms with van der Waals surface area (Å²) in [4.78, 5) is 51.2. The van der Waals surface area contributed by atoms with E-state index in [9.17, 15) is 29.4 Å². The monoisotopic (exact) mass is 540 g/mol. The van der Waals surface area contributed by atoms with E-state index in [0.29, 0.717) is 6.42 Å². The van der Waals surface area contributed by atoms with Gasteiger partial charge < -0.3 is 19.7 Å². The van der Waals surface area contributed by atoms with E-state index in [1.807, 2.05) is 32.1 Å². The van der Waals surface area contributed by atoms with Crippen molar-refractivity contribution in [3.63, 3.8) is 0 Å². The van der Waals surface area contributed by atoms with E-state index in [4.69, 9.17) is 9.47 Å². The van der Waals surface area contributed by atoms with Crippen LogP contribution in [0.5, 0.6) is 0 Å². The Hall–Kier alpha value is -3.00. The van der Waals surface area contributed by atoms with Gasteiger partial charge in [0.15, 0.2) is 0 Å². The fourth-order valence-corrected chi connectivity index (χ4v) is 7.06. The van der Waals surface area contributed by atoms with Gasteiger partial charge in [-0.05, 0) is 64.2 Å². The first-order valence-corrected chi connectivity index (χ1v) is 14.3. The molecule has 8 nitrogen and oxygen atoms in total. The first-order valence-electron chi connectivity index (χ1n) is 14.3. The zero-order valence-corrected chi connectivity index (χ0v) is 22.9. The van der Waals surface area contributed by atoms with Gasteiger partial charge in [-0.3, -0.25) is 9.59 Å². The SMILES string of the molecule is C/C=C/CCCCC[C@H]1C=C2C3(O)OC(=O)[C@]2(CC(=O)O)CC2=C(C(=O)OC2=O)C3[C@@H]1CCCCC/C=C/C. The molecule has 212 valence electrons. The molecule has 4 aliphatic rings. The second-order valence-electron chi connectivity index (χ2n) is 11.3. The Morgan fingerprint density at radius 2 is 1.62 bits per heavy atom. The van der Waals surface area contributed by atoms with Crippen LogP contribution in [0.1, 0.15) is 90.9 Å². The molecule has 0 saturated carbocycles. The fourth-order valence-electron chi connectivity index (χ4n) is 7.06. The Labute approximate surface area is 229 Å². The lowest BCUT2D eigenvalue weighted by Gasteiger charge is -2.44. The molecule has 0 aromatic carbocycles. The summed E-state index contributed by atoms with van der Waals surface area (Å²) >= 11 is 0. The number of aliphatic carboxylic acids is 1. The minimum Gasteiger partial charge on any atom is -0.481 e. The number of rotatable bonds is 14. The minimum atomic E-state index is -2.18. The number of esters is 3. The molecule has 0 aromatic rings. The quantitative estimate of drug-likeness (QED) is 0.131. The highest BCUT2D eigenvalue weighted by atomic mass is 16.7. The summed E-state index contributed by atoms with van der Waals surface area (Å²) in [5, 5.41) is 21.8. The lowest BCUT2D eigenvalue weighted by atomic mass is 9.61. The van der Waals surface area contributed by atoms with Crippen molar-refractivity contribution in [3.05, 3.63) is 47.1 Å². The molecule has 0 aromatic heterocycles. The van der Waals surface area contributed by atoms with E-state index < -0.39 is 47.4 Å². The fraction of sp³-hybridized carbons (Fsp3) is 0.613. The number of carboxylic acids is 1. The van der Waals surface area contributed by atoms with E-state index in [-0.39, 0.29) is 35.0 Å². The molecule has 1 fully saturated rings. The number of ether oxygens (including phenoxy) is 2. The van der Waals surface area contributed by atoms with E-state index in [2.05, 4.69) is 12.2 Å². The van der Waals surface area contributed by atoms with Crippen LogP contribution in [-0.4, -0.2) is 39.9 Å². The maximum absolute atomic E-state index is 13.4. The standard InChI is InChI=1S/C31H40O8/c1-3-5-7-9-11-13-15-20-17-23-30(19-24(32)33)18-22-25(28(35)38-27(22)34)26(31(23,37)39-29(30)36)21(20)16-14-12-10-8-6-4-2/h3-6,17,20-21,26,37H,7-16,18-19H2,1-2H3,(H,32,33)/b5-3+,6-4+/t20-,21+,26?,30-,31?/m0/s1. The third-order valence-electron chi connectivity index (χ3n) is 8.83. The number of hydrogen-bond acceptors (Lipinski definition) is 7. The molecule has 2 aliphatic carbocycles. The summed E-state index contributed by atoms with van der Waals surface area (Å²) < 4.78 is 10.6. The molecular formula is C31H40O8. The second-order valence-corrected chi connectivity index (χ2v) is 11.3. The van der Waals surface area contributed by atoms with E-state index in [1.54, 1.807) is 0 Å². The van der Waals surface area contributed by atoms with Crippen LogP contribution in [0.15, 0.2) is 47.1 Å². The van der Waals surface area contributed by atoms with Crippen molar-refractivity contribution < 1.29 is 38.9 Å². The molecule has 1 saturated heterocycles. The maximum Gasteiger partial charge on any atom is 0.343 e. The Morgan fingerprint density at radius 3 is 2.23 bits per heavy atom. The number of allylic oxidation sites excluding steroid dienone is 5. The average molecular weight is 541 g/mol. The highest BCUT2D eigenvalue weighted by Crippen LogP contribution is 2.64. The van der Waals surface area contributed by atoms with E-state index >= 15 is 0 Å². The van der Waals surface area contributed by atoms with Gasteiger partial charge in [0, 0.05) is 12.0 Å². The van der Waals surface area contributed by atoms with Gasteiger partial charge in [0.05, 0.1) is 23.5 Å². The number of hydrogen-bond donors (Lipinski definition) is 2. The van der Waals surface area contributed by atoms with Crippen molar-refractivity contribution in [2.24, 2.45) is 23.2 Å². The first kappa shape index (κ1) is 29.0. The van der Waals surface area contributed by atoms with Gasteiger partial charge in [0.25, 0.3) is 0 Å². The third-order valence-corrected chi connectivity index (χ3v) is 8.83. The van der Waals surface area contributed by atoms with Crippen LogP contribution in [0.25, 0.3) is 0 Å². The molecule has 39 heavy (non-hydrogen) atoms. The van der Waals surface area contributed by atoms with Gasteiger partial charge in [0.2, 0.25) is 5.79 Å². The summed E-state index contributed by atoms with van der Waals surface area (Å²) in [7, 11) is 0. The van der Waals surface area contributed by atoms with Gasteiger partial charge in [0.1, 0.15) is 5.41 Å². The normalized spacial score (nSPS) is 31.5. The van der Waals surface area contributed by atoms with Crippen LogP contribution < -0.4 is 0 Å². The van der Waals surface area contributed by atoms with Crippen LogP contribution in [0.2, 0.25) is 0 Å². The molecular weight excluding hydrogens is 500 g/mol. The summed E-state index contributed by atoms with van der Waals surface area (Å²) in [5.41, 5.74) is -1.48. The predicted octanol–water partition coefficient (Wildman–Crippen LogP) is 5.32. The van der Waals surface area contributed by atoms with Crippen molar-refractivity contribution in [1.82, 2.24) is 0 Å². The van der Waals surface area contributed by atoms with Crippen molar-refractivity contribution in [2.75, 3.05) is 0 Å². The van der Waals surface area contributed by atoms with Crippen molar-refractivity contribution in [1.29, 1.82) is 0 Å². The topological polar surface area (TPSA) is 127 Å². The number of carboxylic acid groups (broad SMARTS) is 1. The molecule has 2 unspecified atom stereocenters. The van der Waals surface area contributed by atoms with Gasteiger partial charge in [-0.15, -0.1) is 0 Å². The molecule has 4 rings (SSSR count).